The fourth-order valence-electron chi connectivity index (χ4n) is 4.45. The number of carbonyl (C=O) groups is 1. The zero-order valence-corrected chi connectivity index (χ0v) is 17.6. The smallest absolute Gasteiger partial charge is 0.190 e. The maximum absolute atomic E-state index is 12.9. The van der Waals surface area contributed by atoms with Crippen molar-refractivity contribution in [1.29, 1.82) is 0 Å². The van der Waals surface area contributed by atoms with Crippen molar-refractivity contribution in [1.82, 2.24) is 0 Å². The van der Waals surface area contributed by atoms with Gasteiger partial charge in [-0.3, -0.25) is 4.79 Å². The van der Waals surface area contributed by atoms with E-state index in [0.717, 1.165) is 0 Å². The Morgan fingerprint density at radius 2 is 1.64 bits per heavy atom. The van der Waals surface area contributed by atoms with Crippen LogP contribution in [0.3, 0.4) is 0 Å². The van der Waals surface area contributed by atoms with Crippen LogP contribution in [0.4, 0.5) is 0 Å². The van der Waals surface area contributed by atoms with Crippen LogP contribution in [0.1, 0.15) is 60.3 Å². The van der Waals surface area contributed by atoms with Gasteiger partial charge in [-0.25, -0.2) is 0 Å². The topological polar surface area (TPSA) is 83.5 Å². The van der Waals surface area contributed by atoms with Crippen molar-refractivity contribution >= 4 is 5.78 Å². The molecule has 3 fully saturated rings. The third-order valence-electron chi connectivity index (χ3n) is 6.45. The monoisotopic (exact) mass is 398 g/mol. The molecule has 0 amide bonds. The first-order valence-electron chi connectivity index (χ1n) is 10.5. The zero-order chi connectivity index (χ0) is 20.7. The van der Waals surface area contributed by atoms with Crippen molar-refractivity contribution in [2.24, 2.45) is 5.92 Å². The second kappa shape index (κ2) is 8.13. The lowest BCUT2D eigenvalue weighted by Crippen LogP contribution is -2.59. The summed E-state index contributed by atoms with van der Waals surface area (Å²) in [6.07, 6.45) is -1.25. The Morgan fingerprint density at radius 1 is 1.04 bits per heavy atom. The van der Waals surface area contributed by atoms with Gasteiger partial charge < -0.3 is 28.8 Å². The predicted octanol–water partition coefficient (Wildman–Crippen LogP) is 2.70. The van der Waals surface area contributed by atoms with E-state index in [2.05, 4.69) is 6.58 Å². The maximum atomic E-state index is 12.9. The standard InChI is InChI=1S/C21H34O7/c1-7-20(8-2)24-11-13(26-20)14-16(23)18-19(25-17(14)15(22)12(5)6)28-21(9-3,10-4)27-18/h13-14,16-19,23H,5,7-11H2,1-4,6H3/t13?,14-,16-,17?,18+,19-/m0/s1. The van der Waals surface area contributed by atoms with E-state index in [4.69, 9.17) is 23.7 Å². The van der Waals surface area contributed by atoms with Gasteiger partial charge in [-0.05, 0) is 38.2 Å². The van der Waals surface area contributed by atoms with Gasteiger partial charge in [0.1, 0.15) is 12.2 Å². The van der Waals surface area contributed by atoms with E-state index in [1.807, 2.05) is 27.7 Å². The first kappa shape index (κ1) is 21.9. The van der Waals surface area contributed by atoms with Crippen molar-refractivity contribution in [2.45, 2.75) is 103 Å². The number of fused-ring (bicyclic) bond motifs is 1. The summed E-state index contributed by atoms with van der Waals surface area (Å²) in [6, 6.07) is 0. The third-order valence-corrected chi connectivity index (χ3v) is 6.45. The van der Waals surface area contributed by atoms with Crippen LogP contribution >= 0.6 is 0 Å². The SMILES string of the molecule is C=C(C)C(=O)C1O[C@H]2OC(CC)(CC)O[C@@H]2[C@@H](O)[C@@H]1C1COC(CC)(CC)O1. The van der Waals surface area contributed by atoms with E-state index in [1.54, 1.807) is 6.92 Å². The summed E-state index contributed by atoms with van der Waals surface area (Å²) in [5.74, 6) is -2.39. The highest BCUT2D eigenvalue weighted by Gasteiger charge is 2.60. The summed E-state index contributed by atoms with van der Waals surface area (Å²) in [4.78, 5) is 12.9. The minimum Gasteiger partial charge on any atom is -0.390 e. The first-order valence-corrected chi connectivity index (χ1v) is 10.5. The number of ketones is 1. The highest BCUT2D eigenvalue weighted by molar-refractivity contribution is 5.98. The van der Waals surface area contributed by atoms with Crippen molar-refractivity contribution in [2.75, 3.05) is 6.61 Å². The number of aliphatic hydroxyl groups excluding tert-OH is 1. The molecular weight excluding hydrogens is 364 g/mol. The fraction of sp³-hybridized carbons (Fsp3) is 0.857. The molecule has 160 valence electrons. The number of rotatable bonds is 7. The maximum Gasteiger partial charge on any atom is 0.190 e. The molecule has 3 heterocycles. The lowest BCUT2D eigenvalue weighted by atomic mass is 9.81. The van der Waals surface area contributed by atoms with Gasteiger partial charge >= 0.3 is 0 Å². The number of Topliss-reactive ketones (excluding diaryl/α,β-unsaturated/α-hetero) is 1. The highest BCUT2D eigenvalue weighted by atomic mass is 16.8. The highest BCUT2D eigenvalue weighted by Crippen LogP contribution is 2.45. The van der Waals surface area contributed by atoms with Crippen LogP contribution < -0.4 is 0 Å². The van der Waals surface area contributed by atoms with Gasteiger partial charge in [0.15, 0.2) is 23.6 Å². The molecule has 0 aromatic rings. The van der Waals surface area contributed by atoms with Crippen molar-refractivity contribution in [3.05, 3.63) is 12.2 Å². The molecule has 0 aromatic heterocycles. The molecule has 0 aromatic carbocycles. The normalized spacial score (nSPS) is 38.9. The molecule has 3 rings (SSSR count). The van der Waals surface area contributed by atoms with E-state index < -0.39 is 48.2 Å². The Balaban J connectivity index is 1.90. The quantitative estimate of drug-likeness (QED) is 0.660. The van der Waals surface area contributed by atoms with Crippen molar-refractivity contribution in [3.63, 3.8) is 0 Å². The zero-order valence-electron chi connectivity index (χ0n) is 17.6. The Bertz CT molecular complexity index is 596. The van der Waals surface area contributed by atoms with Gasteiger partial charge in [0.05, 0.1) is 24.7 Å². The molecule has 0 radical (unpaired) electrons. The van der Waals surface area contributed by atoms with Gasteiger partial charge in [0.25, 0.3) is 0 Å². The van der Waals surface area contributed by atoms with E-state index in [-0.39, 0.29) is 12.4 Å². The third kappa shape index (κ3) is 3.57. The molecular formula is C21H34O7. The number of aliphatic hydroxyl groups is 1. The summed E-state index contributed by atoms with van der Waals surface area (Å²) >= 11 is 0. The van der Waals surface area contributed by atoms with E-state index in [9.17, 15) is 9.90 Å². The van der Waals surface area contributed by atoms with Crippen LogP contribution in [-0.4, -0.2) is 59.8 Å². The Hall–Kier alpha value is -0.830. The first-order chi connectivity index (χ1) is 13.2. The largest absolute Gasteiger partial charge is 0.390 e. The van der Waals surface area contributed by atoms with Gasteiger partial charge in [-0.1, -0.05) is 34.3 Å². The molecule has 7 nitrogen and oxygen atoms in total. The molecule has 6 atom stereocenters. The molecule has 0 bridgehead atoms. The average Bonchev–Trinajstić information content (AvgIpc) is 3.30. The summed E-state index contributed by atoms with van der Waals surface area (Å²) in [6.45, 7) is 13.6. The number of hydrogen-bond acceptors (Lipinski definition) is 7. The molecule has 7 heteroatoms. The lowest BCUT2D eigenvalue weighted by molar-refractivity contribution is -0.253. The molecule has 0 spiro atoms. The molecule has 3 saturated heterocycles. The minimum absolute atomic E-state index is 0.259. The molecule has 1 N–H and O–H groups in total. The van der Waals surface area contributed by atoms with Crippen LogP contribution in [0, 0.1) is 5.92 Å². The van der Waals surface area contributed by atoms with Crippen LogP contribution in [0.5, 0.6) is 0 Å². The van der Waals surface area contributed by atoms with Crippen molar-refractivity contribution in [3.8, 4) is 0 Å². The van der Waals surface area contributed by atoms with Crippen LogP contribution in [0.25, 0.3) is 0 Å². The molecule has 3 aliphatic heterocycles. The lowest BCUT2D eigenvalue weighted by Gasteiger charge is -2.42. The molecule has 0 saturated carbocycles. The van der Waals surface area contributed by atoms with Crippen molar-refractivity contribution < 1.29 is 33.6 Å². The summed E-state index contributed by atoms with van der Waals surface area (Å²) in [5.41, 5.74) is 0.368. The van der Waals surface area contributed by atoms with Gasteiger partial charge in [-0.2, -0.15) is 0 Å². The molecule has 28 heavy (non-hydrogen) atoms. The van der Waals surface area contributed by atoms with Gasteiger partial charge in [0, 0.05) is 0 Å². The predicted molar refractivity (Wildman–Crippen MR) is 101 cm³/mol. The van der Waals surface area contributed by atoms with E-state index in [1.165, 1.54) is 0 Å². The van der Waals surface area contributed by atoms with E-state index in [0.29, 0.717) is 31.3 Å². The Kier molecular flexibility index (Phi) is 6.35. The second-order valence-electron chi connectivity index (χ2n) is 8.04. The van der Waals surface area contributed by atoms with E-state index >= 15 is 0 Å². The van der Waals surface area contributed by atoms with Gasteiger partial charge in [-0.15, -0.1) is 0 Å². The second-order valence-corrected chi connectivity index (χ2v) is 8.04. The fourth-order valence-corrected chi connectivity index (χ4v) is 4.45. The van der Waals surface area contributed by atoms with Gasteiger partial charge in [0.2, 0.25) is 0 Å². The summed E-state index contributed by atoms with van der Waals surface area (Å²) < 4.78 is 30.4. The minimum atomic E-state index is -0.981. The van der Waals surface area contributed by atoms with Crippen LogP contribution in [-0.2, 0) is 28.5 Å². The van der Waals surface area contributed by atoms with Crippen LogP contribution in [0.2, 0.25) is 0 Å². The summed E-state index contributed by atoms with van der Waals surface area (Å²) in [7, 11) is 0. The van der Waals surface area contributed by atoms with Crippen LogP contribution in [0.15, 0.2) is 12.2 Å². The number of hydrogen-bond donors (Lipinski definition) is 1. The molecule has 2 unspecified atom stereocenters. The average molecular weight is 398 g/mol. The summed E-state index contributed by atoms with van der Waals surface area (Å²) in [5, 5.41) is 11.2. The Morgan fingerprint density at radius 3 is 2.14 bits per heavy atom. The molecule has 0 aliphatic carbocycles. The number of ether oxygens (including phenoxy) is 5. The Labute approximate surface area is 167 Å². The molecule has 3 aliphatic rings. The number of carbonyl (C=O) groups excluding carboxylic acids is 1.